The third-order valence-electron chi connectivity index (χ3n) is 3.18. The molecule has 1 saturated carbocycles. The lowest BCUT2D eigenvalue weighted by Crippen LogP contribution is -2.11. The van der Waals surface area contributed by atoms with Gasteiger partial charge in [-0.2, -0.15) is 0 Å². The van der Waals surface area contributed by atoms with Crippen LogP contribution in [-0.2, 0) is 4.79 Å². The van der Waals surface area contributed by atoms with E-state index in [4.69, 9.17) is 0 Å². The lowest BCUT2D eigenvalue weighted by atomic mass is 9.88. The van der Waals surface area contributed by atoms with E-state index in [1.54, 1.807) is 0 Å². The summed E-state index contributed by atoms with van der Waals surface area (Å²) in [7, 11) is 0. The minimum absolute atomic E-state index is 0.148. The lowest BCUT2D eigenvalue weighted by molar-refractivity contribution is -0.120. The molecule has 2 heteroatoms. The Balaban J connectivity index is 2.19. The van der Waals surface area contributed by atoms with Crippen LogP contribution in [0.4, 0.5) is 0 Å². The van der Waals surface area contributed by atoms with E-state index in [1.807, 2.05) is 0 Å². The van der Waals surface area contributed by atoms with Crippen molar-refractivity contribution in [3.8, 4) is 0 Å². The number of hydrogen-bond acceptors (Lipinski definition) is 2. The summed E-state index contributed by atoms with van der Waals surface area (Å²) in [5.41, 5.74) is 0.255. The maximum Gasteiger partial charge on any atom is 0.133 e. The van der Waals surface area contributed by atoms with E-state index in [2.05, 4.69) is 20.8 Å². The average molecular weight is 212 g/mol. The Kier molecular flexibility index (Phi) is 4.32. The Morgan fingerprint density at radius 1 is 1.33 bits per heavy atom. The first-order valence-electron chi connectivity index (χ1n) is 6.06. The van der Waals surface area contributed by atoms with Gasteiger partial charge in [-0.25, -0.2) is 0 Å². The summed E-state index contributed by atoms with van der Waals surface area (Å²) in [6.07, 6.45) is 4.97. The van der Waals surface area contributed by atoms with Crippen molar-refractivity contribution < 1.29 is 9.90 Å². The van der Waals surface area contributed by atoms with Crippen molar-refractivity contribution in [1.82, 2.24) is 0 Å². The van der Waals surface area contributed by atoms with Gasteiger partial charge >= 0.3 is 0 Å². The highest BCUT2D eigenvalue weighted by Crippen LogP contribution is 2.29. The number of aliphatic hydroxyl groups is 1. The molecule has 0 heterocycles. The number of hydrogen-bond donors (Lipinski definition) is 1. The van der Waals surface area contributed by atoms with Crippen molar-refractivity contribution in [3.05, 3.63) is 0 Å². The molecular weight excluding hydrogens is 188 g/mol. The minimum atomic E-state index is -0.148. The van der Waals surface area contributed by atoms with Crippen LogP contribution in [0.15, 0.2) is 0 Å². The summed E-state index contributed by atoms with van der Waals surface area (Å²) in [5.74, 6) is 0.830. The van der Waals surface area contributed by atoms with Gasteiger partial charge in [0.25, 0.3) is 0 Å². The predicted octanol–water partition coefficient (Wildman–Crippen LogP) is 2.93. The first-order chi connectivity index (χ1) is 6.87. The van der Waals surface area contributed by atoms with Crippen LogP contribution in [0.25, 0.3) is 0 Å². The first-order valence-corrected chi connectivity index (χ1v) is 6.06. The molecule has 1 rings (SSSR count). The smallest absolute Gasteiger partial charge is 0.133 e. The molecule has 0 saturated heterocycles. The molecule has 88 valence electrons. The van der Waals surface area contributed by atoms with Gasteiger partial charge in [-0.05, 0) is 37.0 Å². The molecule has 0 aromatic rings. The first kappa shape index (κ1) is 12.7. The van der Waals surface area contributed by atoms with Gasteiger partial charge in [-0.1, -0.05) is 20.8 Å². The molecule has 0 bridgehead atoms. The molecule has 0 aliphatic heterocycles. The van der Waals surface area contributed by atoms with Gasteiger partial charge in [0.15, 0.2) is 0 Å². The van der Waals surface area contributed by atoms with Crippen LogP contribution in [0.1, 0.15) is 59.3 Å². The van der Waals surface area contributed by atoms with Crippen molar-refractivity contribution in [3.63, 3.8) is 0 Å². The highest BCUT2D eigenvalue weighted by Gasteiger charge is 2.25. The maximum atomic E-state index is 11.7. The summed E-state index contributed by atoms with van der Waals surface area (Å²) in [6, 6.07) is 0. The zero-order valence-corrected chi connectivity index (χ0v) is 10.3. The van der Waals surface area contributed by atoms with Crippen LogP contribution in [0.2, 0.25) is 0 Å². The topological polar surface area (TPSA) is 37.3 Å². The fourth-order valence-corrected chi connectivity index (χ4v) is 2.17. The molecule has 1 fully saturated rings. The molecule has 1 aliphatic carbocycles. The highest BCUT2D eigenvalue weighted by molar-refractivity contribution is 5.78. The number of carbonyl (C=O) groups excluding carboxylic acids is 1. The van der Waals surface area contributed by atoms with Gasteiger partial charge in [0.05, 0.1) is 6.10 Å². The van der Waals surface area contributed by atoms with E-state index in [0.29, 0.717) is 24.5 Å². The summed E-state index contributed by atoms with van der Waals surface area (Å²) in [4.78, 5) is 11.7. The Morgan fingerprint density at radius 3 is 2.47 bits per heavy atom. The molecule has 0 spiro atoms. The molecule has 15 heavy (non-hydrogen) atoms. The zero-order valence-electron chi connectivity index (χ0n) is 10.3. The molecule has 0 radical (unpaired) electrons. The van der Waals surface area contributed by atoms with Crippen molar-refractivity contribution in [2.75, 3.05) is 0 Å². The van der Waals surface area contributed by atoms with Gasteiger partial charge in [0, 0.05) is 12.8 Å². The summed E-state index contributed by atoms with van der Waals surface area (Å²) < 4.78 is 0. The molecule has 0 aromatic heterocycles. The van der Waals surface area contributed by atoms with E-state index < -0.39 is 0 Å². The Morgan fingerprint density at radius 2 is 2.00 bits per heavy atom. The number of ketones is 1. The maximum absolute atomic E-state index is 11.7. The molecule has 2 atom stereocenters. The Labute approximate surface area is 93.1 Å². The van der Waals surface area contributed by atoms with Crippen LogP contribution in [0.3, 0.4) is 0 Å². The number of Topliss-reactive ketones (excluding diaryl/α,β-unsaturated/α-hetero) is 1. The molecular formula is C13H24O2. The van der Waals surface area contributed by atoms with Crippen LogP contribution in [0, 0.1) is 11.3 Å². The monoisotopic (exact) mass is 212 g/mol. The SMILES string of the molecule is CC(C)(C)CCC(=O)CC1CCC(O)C1. The number of carbonyl (C=O) groups is 1. The van der Waals surface area contributed by atoms with E-state index in [1.165, 1.54) is 0 Å². The van der Waals surface area contributed by atoms with E-state index in [-0.39, 0.29) is 11.5 Å². The lowest BCUT2D eigenvalue weighted by Gasteiger charge is -2.17. The zero-order chi connectivity index (χ0) is 11.5. The van der Waals surface area contributed by atoms with Gasteiger partial charge in [-0.15, -0.1) is 0 Å². The third-order valence-corrected chi connectivity index (χ3v) is 3.18. The predicted molar refractivity (Wildman–Crippen MR) is 61.7 cm³/mol. The second kappa shape index (κ2) is 5.11. The highest BCUT2D eigenvalue weighted by atomic mass is 16.3. The van der Waals surface area contributed by atoms with Crippen molar-refractivity contribution in [2.24, 2.45) is 11.3 Å². The normalized spacial score (nSPS) is 26.9. The molecule has 2 nitrogen and oxygen atoms in total. The number of rotatable bonds is 4. The molecule has 1 aliphatic rings. The van der Waals surface area contributed by atoms with E-state index in [0.717, 1.165) is 25.7 Å². The fraction of sp³-hybridized carbons (Fsp3) is 0.923. The van der Waals surface area contributed by atoms with Gasteiger partial charge in [-0.3, -0.25) is 4.79 Å². The quantitative estimate of drug-likeness (QED) is 0.778. The van der Waals surface area contributed by atoms with Gasteiger partial charge in [0.2, 0.25) is 0 Å². The third kappa shape index (κ3) is 5.31. The number of aliphatic hydroxyl groups excluding tert-OH is 1. The largest absolute Gasteiger partial charge is 0.393 e. The Bertz CT molecular complexity index is 215. The summed E-state index contributed by atoms with van der Waals surface area (Å²) in [6.45, 7) is 6.50. The summed E-state index contributed by atoms with van der Waals surface area (Å²) in [5, 5.41) is 9.36. The molecule has 1 N–H and O–H groups in total. The van der Waals surface area contributed by atoms with Crippen LogP contribution >= 0.6 is 0 Å². The van der Waals surface area contributed by atoms with E-state index in [9.17, 15) is 9.90 Å². The van der Waals surface area contributed by atoms with Crippen LogP contribution in [0.5, 0.6) is 0 Å². The minimum Gasteiger partial charge on any atom is -0.393 e. The van der Waals surface area contributed by atoms with Crippen molar-refractivity contribution in [1.29, 1.82) is 0 Å². The molecule has 0 aromatic carbocycles. The summed E-state index contributed by atoms with van der Waals surface area (Å²) >= 11 is 0. The van der Waals surface area contributed by atoms with Crippen LogP contribution < -0.4 is 0 Å². The van der Waals surface area contributed by atoms with Gasteiger partial charge in [0.1, 0.15) is 5.78 Å². The van der Waals surface area contributed by atoms with Crippen molar-refractivity contribution >= 4 is 5.78 Å². The second-order valence-electron chi connectivity index (χ2n) is 6.14. The van der Waals surface area contributed by atoms with Crippen LogP contribution in [-0.4, -0.2) is 17.0 Å². The fourth-order valence-electron chi connectivity index (χ4n) is 2.17. The second-order valence-corrected chi connectivity index (χ2v) is 6.14. The molecule has 2 unspecified atom stereocenters. The van der Waals surface area contributed by atoms with E-state index >= 15 is 0 Å². The molecule has 0 amide bonds. The average Bonchev–Trinajstić information content (AvgIpc) is 2.47. The Hall–Kier alpha value is -0.370. The van der Waals surface area contributed by atoms with Crippen molar-refractivity contribution in [2.45, 2.75) is 65.4 Å². The van der Waals surface area contributed by atoms with Gasteiger partial charge < -0.3 is 5.11 Å². The standard InChI is InChI=1S/C13H24O2/c1-13(2,3)7-6-12(15)9-10-4-5-11(14)8-10/h10-11,14H,4-9H2,1-3H3.